The second-order valence-electron chi connectivity index (χ2n) is 6.92. The first kappa shape index (κ1) is 20.2. The van der Waals surface area contributed by atoms with Crippen LogP contribution in [0.5, 0.6) is 5.75 Å². The molecule has 0 fully saturated rings. The van der Waals surface area contributed by atoms with Crippen LogP contribution in [0.3, 0.4) is 0 Å². The number of hydrogen-bond donors (Lipinski definition) is 2. The molecule has 0 aliphatic rings. The predicted octanol–water partition coefficient (Wildman–Crippen LogP) is 5.15. The van der Waals surface area contributed by atoms with Crippen molar-refractivity contribution in [1.82, 2.24) is 0 Å². The third kappa shape index (κ3) is 4.72. The molecule has 0 atom stereocenters. The molecule has 1 aromatic heterocycles. The van der Waals surface area contributed by atoms with E-state index in [1.54, 1.807) is 36.4 Å². The van der Waals surface area contributed by atoms with Crippen LogP contribution >= 0.6 is 0 Å². The maximum absolute atomic E-state index is 13.4. The lowest BCUT2D eigenvalue weighted by molar-refractivity contribution is -0.118. The molecule has 1 heterocycles. The fourth-order valence-electron chi connectivity index (χ4n) is 3.11. The van der Waals surface area contributed by atoms with Crippen molar-refractivity contribution in [3.05, 3.63) is 89.9 Å². The van der Waals surface area contributed by atoms with E-state index in [2.05, 4.69) is 10.6 Å². The number of ether oxygens (including phenoxy) is 1. The van der Waals surface area contributed by atoms with Crippen LogP contribution in [0, 0.1) is 12.7 Å². The van der Waals surface area contributed by atoms with E-state index in [0.29, 0.717) is 16.7 Å². The molecule has 6 nitrogen and oxygen atoms in total. The van der Waals surface area contributed by atoms with Gasteiger partial charge in [-0.05, 0) is 55.0 Å². The first-order valence-corrected chi connectivity index (χ1v) is 9.57. The molecule has 0 unspecified atom stereocenters. The monoisotopic (exact) mass is 418 g/mol. The van der Waals surface area contributed by atoms with Crippen molar-refractivity contribution >= 4 is 34.2 Å². The van der Waals surface area contributed by atoms with Crippen LogP contribution in [0.2, 0.25) is 0 Å². The average molecular weight is 418 g/mol. The summed E-state index contributed by atoms with van der Waals surface area (Å²) in [5.74, 6) is -1.07. The summed E-state index contributed by atoms with van der Waals surface area (Å²) >= 11 is 0. The van der Waals surface area contributed by atoms with Crippen LogP contribution in [-0.4, -0.2) is 18.4 Å². The van der Waals surface area contributed by atoms with Gasteiger partial charge in [-0.2, -0.15) is 0 Å². The van der Waals surface area contributed by atoms with E-state index < -0.39 is 17.6 Å². The second-order valence-corrected chi connectivity index (χ2v) is 6.92. The topological polar surface area (TPSA) is 80.6 Å². The molecule has 2 N–H and O–H groups in total. The molecule has 31 heavy (non-hydrogen) atoms. The minimum Gasteiger partial charge on any atom is -0.484 e. The van der Waals surface area contributed by atoms with Gasteiger partial charge in [0.1, 0.15) is 22.8 Å². The van der Waals surface area contributed by atoms with Gasteiger partial charge in [0.15, 0.2) is 6.61 Å². The van der Waals surface area contributed by atoms with Crippen molar-refractivity contribution in [2.75, 3.05) is 17.2 Å². The number of hydrogen-bond acceptors (Lipinski definition) is 4. The van der Waals surface area contributed by atoms with Crippen molar-refractivity contribution < 1.29 is 23.1 Å². The van der Waals surface area contributed by atoms with Crippen molar-refractivity contribution in [3.8, 4) is 5.75 Å². The number of anilines is 2. The van der Waals surface area contributed by atoms with Gasteiger partial charge in [-0.25, -0.2) is 4.39 Å². The number of nitrogens with one attached hydrogen (secondary N) is 2. The van der Waals surface area contributed by atoms with Gasteiger partial charge >= 0.3 is 0 Å². The second kappa shape index (κ2) is 8.71. The Morgan fingerprint density at radius 2 is 1.77 bits per heavy atom. The van der Waals surface area contributed by atoms with Crippen LogP contribution in [0.1, 0.15) is 16.1 Å². The number of amides is 2. The van der Waals surface area contributed by atoms with Gasteiger partial charge in [-0.15, -0.1) is 0 Å². The quantitative estimate of drug-likeness (QED) is 0.454. The molecule has 0 saturated carbocycles. The summed E-state index contributed by atoms with van der Waals surface area (Å²) in [5, 5.41) is 5.85. The summed E-state index contributed by atoms with van der Waals surface area (Å²) < 4.78 is 24.7. The average Bonchev–Trinajstić information content (AvgIpc) is 3.11. The maximum Gasteiger partial charge on any atom is 0.293 e. The lowest BCUT2D eigenvalue weighted by Crippen LogP contribution is -2.22. The highest BCUT2D eigenvalue weighted by Crippen LogP contribution is 2.31. The lowest BCUT2D eigenvalue weighted by atomic mass is 10.2. The third-order valence-electron chi connectivity index (χ3n) is 4.51. The zero-order valence-electron chi connectivity index (χ0n) is 16.6. The number of carbonyl (C=O) groups is 2. The fraction of sp³-hybridized carbons (Fsp3) is 0.0833. The number of benzene rings is 3. The highest BCUT2D eigenvalue weighted by atomic mass is 19.1. The normalized spacial score (nSPS) is 10.6. The lowest BCUT2D eigenvalue weighted by Gasteiger charge is -2.09. The summed E-state index contributed by atoms with van der Waals surface area (Å²) in [7, 11) is 0. The Hall–Kier alpha value is -4.13. The molecule has 2 amide bonds. The Kier molecular flexibility index (Phi) is 5.66. The molecule has 156 valence electrons. The van der Waals surface area contributed by atoms with Crippen LogP contribution in [0.25, 0.3) is 11.0 Å². The predicted molar refractivity (Wildman–Crippen MR) is 116 cm³/mol. The van der Waals surface area contributed by atoms with E-state index in [1.165, 1.54) is 18.2 Å². The molecule has 4 rings (SSSR count). The maximum atomic E-state index is 13.4. The number of furan rings is 1. The molecule has 4 aromatic rings. The first-order chi connectivity index (χ1) is 15.0. The number of aryl methyl sites for hydroxylation is 1. The Labute approximate surface area is 177 Å². The third-order valence-corrected chi connectivity index (χ3v) is 4.51. The molecular weight excluding hydrogens is 399 g/mol. The van der Waals surface area contributed by atoms with E-state index in [4.69, 9.17) is 9.15 Å². The number of carbonyl (C=O) groups excluding carboxylic acids is 2. The van der Waals surface area contributed by atoms with Gasteiger partial charge in [0.2, 0.25) is 5.76 Å². The molecule has 0 aliphatic heterocycles. The molecule has 3 aromatic carbocycles. The summed E-state index contributed by atoms with van der Waals surface area (Å²) in [6.07, 6.45) is 0. The van der Waals surface area contributed by atoms with Gasteiger partial charge in [0.05, 0.1) is 0 Å². The van der Waals surface area contributed by atoms with Crippen LogP contribution in [-0.2, 0) is 4.79 Å². The van der Waals surface area contributed by atoms with Gasteiger partial charge in [0, 0.05) is 11.1 Å². The standard InChI is InChI=1S/C24H19FN2O4/c1-15-6-4-9-18(12-15)30-14-21(28)27-22-19-10-2-3-11-20(19)31-23(22)24(29)26-17-8-5-7-16(25)13-17/h2-13H,14H2,1H3,(H,26,29)(H,27,28). The van der Waals surface area contributed by atoms with E-state index >= 15 is 0 Å². The van der Waals surface area contributed by atoms with E-state index in [1.807, 2.05) is 25.1 Å². The fourth-order valence-corrected chi connectivity index (χ4v) is 3.11. The Bertz CT molecular complexity index is 1270. The molecule has 0 aliphatic carbocycles. The van der Waals surface area contributed by atoms with Crippen molar-refractivity contribution in [2.24, 2.45) is 0 Å². The summed E-state index contributed by atoms with van der Waals surface area (Å²) in [6.45, 7) is 1.68. The van der Waals surface area contributed by atoms with Gasteiger partial charge in [0.25, 0.3) is 11.8 Å². The van der Waals surface area contributed by atoms with Gasteiger partial charge in [-0.3, -0.25) is 9.59 Å². The van der Waals surface area contributed by atoms with Gasteiger partial charge in [-0.1, -0.05) is 30.3 Å². The van der Waals surface area contributed by atoms with E-state index in [0.717, 1.165) is 5.56 Å². The molecule has 0 saturated heterocycles. The van der Waals surface area contributed by atoms with Crippen molar-refractivity contribution in [3.63, 3.8) is 0 Å². The summed E-state index contributed by atoms with van der Waals surface area (Å²) in [6, 6.07) is 19.8. The van der Waals surface area contributed by atoms with Crippen LogP contribution < -0.4 is 15.4 Å². The number of para-hydroxylation sites is 1. The minimum atomic E-state index is -0.614. The molecule has 7 heteroatoms. The summed E-state index contributed by atoms with van der Waals surface area (Å²) in [4.78, 5) is 25.3. The molecular formula is C24H19FN2O4. The number of rotatable bonds is 6. The van der Waals surface area contributed by atoms with Gasteiger partial charge < -0.3 is 19.8 Å². The Balaban J connectivity index is 1.56. The Morgan fingerprint density at radius 3 is 2.58 bits per heavy atom. The largest absolute Gasteiger partial charge is 0.484 e. The van der Waals surface area contributed by atoms with Crippen molar-refractivity contribution in [2.45, 2.75) is 6.92 Å². The Morgan fingerprint density at radius 1 is 0.968 bits per heavy atom. The first-order valence-electron chi connectivity index (χ1n) is 9.57. The zero-order valence-corrected chi connectivity index (χ0v) is 16.6. The number of fused-ring (bicyclic) bond motifs is 1. The van der Waals surface area contributed by atoms with Crippen LogP contribution in [0.4, 0.5) is 15.8 Å². The molecule has 0 radical (unpaired) electrons. The number of halogens is 1. The SMILES string of the molecule is Cc1cccc(OCC(=O)Nc2c(C(=O)Nc3cccc(F)c3)oc3ccccc23)c1. The molecule has 0 spiro atoms. The van der Waals surface area contributed by atoms with E-state index in [-0.39, 0.29) is 23.7 Å². The highest BCUT2D eigenvalue weighted by molar-refractivity contribution is 6.14. The minimum absolute atomic E-state index is 0.0885. The highest BCUT2D eigenvalue weighted by Gasteiger charge is 2.22. The van der Waals surface area contributed by atoms with Crippen LogP contribution in [0.15, 0.2) is 77.2 Å². The summed E-state index contributed by atoms with van der Waals surface area (Å²) in [5.41, 5.74) is 1.93. The zero-order chi connectivity index (χ0) is 21.8. The molecule has 0 bridgehead atoms. The van der Waals surface area contributed by atoms with E-state index in [9.17, 15) is 14.0 Å². The van der Waals surface area contributed by atoms with Crippen molar-refractivity contribution in [1.29, 1.82) is 0 Å². The smallest absolute Gasteiger partial charge is 0.293 e.